The lowest BCUT2D eigenvalue weighted by atomic mass is 10.2. The van der Waals surface area contributed by atoms with Crippen LogP contribution in [0.1, 0.15) is 66.3 Å². The standard InChI is InChI=1S/C6H14N4O.C5H11NOS.C3H4.5CH4.H2/c7-5(4-11)2-1-3-10-6(8)9;1-8-3-2-5(6)4-7;1-3-2;;;;;;/h4-5H,1-3,7H2,(H4,8,9,10);4-5H,2-3,6H2,1H3;1H,2H3;5*1H4;1H/t2*5-;;;;;;;/m11......./s1/i;;;;;;;;1+2T. The van der Waals surface area contributed by atoms with Gasteiger partial charge in [-0.2, -0.15) is 11.8 Å². The molecule has 0 aromatic rings. The predicted octanol–water partition coefficient (Wildman–Crippen LogP) is 2.90. The molecule has 2 atom stereocenters. The first-order valence-electron chi connectivity index (χ1n) is 7.72. The van der Waals surface area contributed by atoms with Crippen molar-refractivity contribution in [2.24, 2.45) is 27.9 Å². The molecule has 8 heteroatoms. The minimum atomic E-state index is -0.385. The third kappa shape index (κ3) is 68.1. The summed E-state index contributed by atoms with van der Waals surface area (Å²) in [6.07, 6.45) is 10.3. The zero-order chi connectivity index (χ0) is 19.8. The quantitative estimate of drug-likeness (QED) is 0.148. The van der Waals surface area contributed by atoms with Gasteiger partial charge in [-0.3, -0.25) is 4.99 Å². The summed E-state index contributed by atoms with van der Waals surface area (Å²) < 4.78 is 10.0. The van der Waals surface area contributed by atoms with Crippen LogP contribution < -0.4 is 22.9 Å². The molecule has 0 rings (SSSR count). The van der Waals surface area contributed by atoms with Crippen LogP contribution in [0.25, 0.3) is 0 Å². The van der Waals surface area contributed by atoms with Gasteiger partial charge in [0.15, 0.2) is 5.96 Å². The third-order valence-corrected chi connectivity index (χ3v) is 2.64. The average molecular weight is 418 g/mol. The van der Waals surface area contributed by atoms with Gasteiger partial charge < -0.3 is 32.5 Å². The van der Waals surface area contributed by atoms with Crippen molar-refractivity contribution in [3.8, 4) is 12.3 Å². The molecule has 8 N–H and O–H groups in total. The van der Waals surface area contributed by atoms with Crippen molar-refractivity contribution < 1.29 is 12.6 Å². The lowest BCUT2D eigenvalue weighted by Gasteiger charge is -2.00. The number of nitrogens with zero attached hydrogens (tertiary/aromatic N) is 1. The van der Waals surface area contributed by atoms with Crippen molar-refractivity contribution in [3.05, 3.63) is 0 Å². The number of terminal acetylenes is 1. The number of thioether (sulfide) groups is 1. The SMILES string of the molecule is C.C.C.C.C.C#CC.CSCC[C@@H](N)C=O.NC(N)=NCCC[C@@H](N)C=O.[3H][3H]. The molecule has 0 fully saturated rings. The molecule has 0 amide bonds. The third-order valence-electron chi connectivity index (χ3n) is 1.99. The second-order valence-corrected chi connectivity index (χ2v) is 5.10. The van der Waals surface area contributed by atoms with Crippen LogP contribution in [0.2, 0.25) is 0 Å². The average Bonchev–Trinajstić information content (AvgIpc) is 2.59. The van der Waals surface area contributed by atoms with Crippen LogP contribution in [0.3, 0.4) is 0 Å². The maximum atomic E-state index is 10.0. The van der Waals surface area contributed by atoms with E-state index in [9.17, 15) is 9.59 Å². The molecular weight excluding hydrogens is 362 g/mol. The smallest absolute Gasteiger partial charge is 0.185 e. The van der Waals surface area contributed by atoms with E-state index >= 15 is 0 Å². The van der Waals surface area contributed by atoms with Crippen LogP contribution in [0.4, 0.5) is 0 Å². The lowest BCUT2D eigenvalue weighted by Crippen LogP contribution is -2.24. The molecule has 27 heavy (non-hydrogen) atoms. The molecule has 0 spiro atoms. The summed E-state index contributed by atoms with van der Waals surface area (Å²) in [6.45, 7) is 2.18. The highest BCUT2D eigenvalue weighted by molar-refractivity contribution is 7.98. The monoisotopic (exact) mass is 417 g/mol. The maximum Gasteiger partial charge on any atom is 0.185 e. The van der Waals surface area contributed by atoms with Gasteiger partial charge in [0.25, 0.3) is 0 Å². The fraction of sp³-hybridized carbons (Fsp3) is 0.737. The summed E-state index contributed by atoms with van der Waals surface area (Å²) in [7, 11) is 0. The van der Waals surface area contributed by atoms with E-state index in [1.807, 2.05) is 6.26 Å². The van der Waals surface area contributed by atoms with E-state index in [1.54, 1.807) is 18.7 Å². The van der Waals surface area contributed by atoms with Gasteiger partial charge in [0.2, 0.25) is 0 Å². The molecular formula is C19H51N5O2S. The summed E-state index contributed by atoms with van der Waals surface area (Å²) in [5, 5.41) is 0. The van der Waals surface area contributed by atoms with E-state index in [1.165, 1.54) is 0 Å². The molecule has 0 aliphatic carbocycles. The van der Waals surface area contributed by atoms with E-state index in [-0.39, 0.29) is 55.2 Å². The van der Waals surface area contributed by atoms with Gasteiger partial charge >= 0.3 is 0 Å². The number of nitrogens with two attached hydrogens (primary N) is 4. The van der Waals surface area contributed by atoms with E-state index in [0.717, 1.165) is 31.2 Å². The minimum Gasteiger partial charge on any atom is -0.370 e. The Bertz CT molecular complexity index is 341. The highest BCUT2D eigenvalue weighted by atomic mass is 32.2. The Morgan fingerprint density at radius 2 is 1.48 bits per heavy atom. The van der Waals surface area contributed by atoms with Crippen LogP contribution in [-0.4, -0.2) is 49.2 Å². The summed E-state index contributed by atoms with van der Waals surface area (Å²) in [5.74, 6) is 3.30. The molecule has 0 aromatic carbocycles. The largest absolute Gasteiger partial charge is 0.370 e. The highest BCUT2D eigenvalue weighted by Crippen LogP contribution is 1.95. The van der Waals surface area contributed by atoms with Crippen molar-refractivity contribution in [1.82, 2.24) is 0 Å². The first kappa shape index (κ1) is 44.7. The van der Waals surface area contributed by atoms with Crippen molar-refractivity contribution in [2.75, 3.05) is 18.6 Å². The zero-order valence-electron chi connectivity index (χ0n) is 15.4. The molecule has 170 valence electrons. The van der Waals surface area contributed by atoms with Gasteiger partial charge in [-0.25, -0.2) is 0 Å². The van der Waals surface area contributed by atoms with Crippen LogP contribution >= 0.6 is 11.8 Å². The summed E-state index contributed by atoms with van der Waals surface area (Å²) >= 11 is 1.71. The topological polar surface area (TPSA) is 151 Å². The van der Waals surface area contributed by atoms with Crippen LogP contribution in [-0.2, 0) is 9.59 Å². The number of carbonyl (C=O) groups excluding carboxylic acids is 2. The number of guanidine groups is 1. The first-order valence-corrected chi connectivity index (χ1v) is 8.12. The second kappa shape index (κ2) is 44.1. The Kier molecular flexibility index (Phi) is 73.1. The van der Waals surface area contributed by atoms with Gasteiger partial charge in [-0.1, -0.05) is 37.1 Å². The molecule has 0 bridgehead atoms. The van der Waals surface area contributed by atoms with Gasteiger partial charge in [-0.05, 0) is 38.2 Å². The Morgan fingerprint density at radius 1 is 1.11 bits per heavy atom. The van der Waals surface area contributed by atoms with Crippen molar-refractivity contribution in [1.29, 1.82) is 0 Å². The molecule has 0 radical (unpaired) electrons. The molecule has 0 aliphatic rings. The van der Waals surface area contributed by atoms with Crippen LogP contribution in [0.5, 0.6) is 0 Å². The normalized spacial score (nSPS) is 9.44. The van der Waals surface area contributed by atoms with Gasteiger partial charge in [0.05, 0.1) is 12.1 Å². The summed E-state index contributed by atoms with van der Waals surface area (Å²) in [6, 6.07) is -0.633. The molecule has 0 unspecified atom stereocenters. The number of rotatable bonds is 9. The molecule has 0 saturated heterocycles. The van der Waals surface area contributed by atoms with Crippen LogP contribution in [0, 0.1) is 12.3 Å². The number of aliphatic imine (C=N–C) groups is 1. The van der Waals surface area contributed by atoms with E-state index in [4.69, 9.17) is 25.9 Å². The Labute approximate surface area is 177 Å². The van der Waals surface area contributed by atoms with Crippen molar-refractivity contribution in [3.63, 3.8) is 0 Å². The Hall–Kier alpha value is -1.56. The number of carbonyl (C=O) groups is 2. The number of hydrogen-bond acceptors (Lipinski definition) is 6. The lowest BCUT2D eigenvalue weighted by molar-refractivity contribution is -0.109. The Balaban J connectivity index is -0.0000000287. The summed E-state index contributed by atoms with van der Waals surface area (Å²) in [4.78, 5) is 23.6. The fourth-order valence-electron chi connectivity index (χ4n) is 0.925. The Morgan fingerprint density at radius 3 is 1.78 bits per heavy atom. The fourth-order valence-corrected chi connectivity index (χ4v) is 1.43. The zero-order valence-corrected chi connectivity index (χ0v) is 14.2. The number of aldehydes is 2. The van der Waals surface area contributed by atoms with Crippen molar-refractivity contribution >= 4 is 30.3 Å². The van der Waals surface area contributed by atoms with E-state index in [2.05, 4.69) is 17.3 Å². The molecule has 7 nitrogen and oxygen atoms in total. The van der Waals surface area contributed by atoms with E-state index in [0.29, 0.717) is 13.0 Å². The van der Waals surface area contributed by atoms with Crippen LogP contribution in [0.15, 0.2) is 4.99 Å². The maximum absolute atomic E-state index is 10.0. The highest BCUT2D eigenvalue weighted by Gasteiger charge is 1.97. The predicted molar refractivity (Wildman–Crippen MR) is 131 cm³/mol. The number of hydrogen-bond donors (Lipinski definition) is 4. The minimum absolute atomic E-state index is 0. The molecule has 0 aliphatic heterocycles. The molecule has 0 aromatic heterocycles. The summed E-state index contributed by atoms with van der Waals surface area (Å²) in [5.41, 5.74) is 20.7. The van der Waals surface area contributed by atoms with Gasteiger partial charge in [0, 0.05) is 9.51 Å². The van der Waals surface area contributed by atoms with Gasteiger partial charge in [0.1, 0.15) is 12.6 Å². The first-order chi connectivity index (χ1) is 11.4. The molecule has 0 saturated carbocycles. The van der Waals surface area contributed by atoms with E-state index < -0.39 is 0 Å². The second-order valence-electron chi connectivity index (χ2n) is 4.12. The van der Waals surface area contributed by atoms with Crippen molar-refractivity contribution in [2.45, 2.75) is 75.4 Å². The van der Waals surface area contributed by atoms with Gasteiger partial charge in [-0.15, -0.1) is 12.3 Å². The molecule has 0 heterocycles.